The van der Waals surface area contributed by atoms with Gasteiger partial charge in [-0.2, -0.15) is 0 Å². The van der Waals surface area contributed by atoms with Gasteiger partial charge in [-0.25, -0.2) is 9.97 Å². The number of hydrogen-bond donors (Lipinski definition) is 2. The molecule has 7 rings (SSSR count). The van der Waals surface area contributed by atoms with Gasteiger partial charge in [-0.15, -0.1) is 0 Å². The fourth-order valence-electron chi connectivity index (χ4n) is 6.15. The van der Waals surface area contributed by atoms with E-state index in [4.69, 9.17) is 9.97 Å². The van der Waals surface area contributed by atoms with E-state index >= 15 is 0 Å². The Morgan fingerprint density at radius 2 is 1.55 bits per heavy atom. The molecule has 0 saturated carbocycles. The first-order valence-corrected chi connectivity index (χ1v) is 14.0. The monoisotopic (exact) mass is 529 g/mol. The smallest absolute Gasteiger partial charge is 0.220 e. The SMILES string of the molecule is CC(=O)N1CCC[C@H]1c1nc2ccc(C#Cc3ccc4nc([C@@H]5CCCN5Cc5cccnc5)[nH]c4c3)cc2[nH]1. The molecule has 2 N–H and O–H groups in total. The van der Waals surface area contributed by atoms with Gasteiger partial charge < -0.3 is 14.9 Å². The lowest BCUT2D eigenvalue weighted by atomic mass is 10.1. The number of nitrogens with one attached hydrogen (secondary N) is 2. The van der Waals surface area contributed by atoms with E-state index in [1.54, 1.807) is 6.92 Å². The summed E-state index contributed by atoms with van der Waals surface area (Å²) in [6, 6.07) is 16.6. The van der Waals surface area contributed by atoms with Gasteiger partial charge >= 0.3 is 0 Å². The van der Waals surface area contributed by atoms with Crippen molar-refractivity contribution in [3.63, 3.8) is 0 Å². The highest BCUT2D eigenvalue weighted by molar-refractivity contribution is 5.79. The van der Waals surface area contributed by atoms with E-state index < -0.39 is 0 Å². The van der Waals surface area contributed by atoms with E-state index in [9.17, 15) is 4.79 Å². The van der Waals surface area contributed by atoms with Crippen LogP contribution in [0.3, 0.4) is 0 Å². The molecular formula is C32H31N7O. The lowest BCUT2D eigenvalue weighted by Gasteiger charge is -2.22. The molecule has 8 heteroatoms. The Hall–Kier alpha value is -4.48. The Kier molecular flexibility index (Phi) is 6.29. The summed E-state index contributed by atoms with van der Waals surface area (Å²) < 4.78 is 0. The molecule has 2 aliphatic heterocycles. The quantitative estimate of drug-likeness (QED) is 0.310. The molecular weight excluding hydrogens is 498 g/mol. The second-order valence-corrected chi connectivity index (χ2v) is 10.8. The van der Waals surface area contributed by atoms with Gasteiger partial charge in [-0.1, -0.05) is 17.9 Å². The third-order valence-electron chi connectivity index (χ3n) is 8.11. The van der Waals surface area contributed by atoms with Crippen molar-refractivity contribution in [2.45, 2.75) is 51.2 Å². The van der Waals surface area contributed by atoms with E-state index in [-0.39, 0.29) is 18.0 Å². The van der Waals surface area contributed by atoms with Crippen molar-refractivity contribution in [2.24, 2.45) is 0 Å². The van der Waals surface area contributed by atoms with Crippen LogP contribution in [-0.2, 0) is 11.3 Å². The average Bonchev–Trinajstić information content (AvgIpc) is 3.76. The zero-order chi connectivity index (χ0) is 27.1. The fourth-order valence-corrected chi connectivity index (χ4v) is 6.15. The summed E-state index contributed by atoms with van der Waals surface area (Å²) in [4.78, 5) is 37.4. The van der Waals surface area contributed by atoms with Crippen molar-refractivity contribution in [3.8, 4) is 11.8 Å². The van der Waals surface area contributed by atoms with E-state index in [2.05, 4.69) is 43.8 Å². The van der Waals surface area contributed by atoms with Crippen molar-refractivity contribution in [3.05, 3.63) is 89.3 Å². The van der Waals surface area contributed by atoms with E-state index in [1.807, 2.05) is 53.7 Å². The number of H-pyrrole nitrogens is 2. The van der Waals surface area contributed by atoms with Gasteiger partial charge in [-0.05, 0) is 80.3 Å². The molecule has 200 valence electrons. The Labute approximate surface area is 232 Å². The van der Waals surface area contributed by atoms with Gasteiger partial charge in [0.15, 0.2) is 0 Å². The van der Waals surface area contributed by atoms with Crippen molar-refractivity contribution >= 4 is 28.0 Å². The molecule has 0 unspecified atom stereocenters. The van der Waals surface area contributed by atoms with Gasteiger partial charge in [-0.3, -0.25) is 14.7 Å². The molecule has 2 aromatic carbocycles. The summed E-state index contributed by atoms with van der Waals surface area (Å²) in [6.45, 7) is 4.36. The van der Waals surface area contributed by atoms with Crippen molar-refractivity contribution in [2.75, 3.05) is 13.1 Å². The van der Waals surface area contributed by atoms with Crippen molar-refractivity contribution in [1.29, 1.82) is 0 Å². The fraction of sp³-hybridized carbons (Fsp3) is 0.312. The highest BCUT2D eigenvalue weighted by Crippen LogP contribution is 2.33. The normalized spacial score (nSPS) is 19.4. The minimum absolute atomic E-state index is 0.0251. The van der Waals surface area contributed by atoms with E-state index in [0.717, 1.165) is 90.2 Å². The molecule has 0 spiro atoms. The molecule has 5 heterocycles. The van der Waals surface area contributed by atoms with Gasteiger partial charge in [0.1, 0.15) is 11.6 Å². The standard InChI is InChI=1S/C32H31N7O/c1-21(40)39-16-4-7-30(39)32-35-26-13-11-23(18-28(26)37-32)9-8-22-10-12-25-27(17-22)36-31(34-25)29-6-3-15-38(29)20-24-5-2-14-33-19-24/h2,5,10-14,17-19,29-30H,3-4,6-7,15-16,20H2,1H3,(H,34,36)(H,35,37)/t29-,30-/m0/s1. The molecule has 2 atom stereocenters. The molecule has 2 saturated heterocycles. The van der Waals surface area contributed by atoms with E-state index in [0.29, 0.717) is 0 Å². The highest BCUT2D eigenvalue weighted by Gasteiger charge is 2.30. The number of likely N-dealkylation sites (tertiary alicyclic amines) is 2. The minimum atomic E-state index is 0.0251. The predicted octanol–water partition coefficient (Wildman–Crippen LogP) is 5.25. The number of aromatic nitrogens is 5. The largest absolute Gasteiger partial charge is 0.341 e. The second-order valence-electron chi connectivity index (χ2n) is 10.8. The number of imidazole rings is 2. The first-order valence-electron chi connectivity index (χ1n) is 14.0. The summed E-state index contributed by atoms with van der Waals surface area (Å²) in [7, 11) is 0. The number of amides is 1. The molecule has 3 aromatic heterocycles. The highest BCUT2D eigenvalue weighted by atomic mass is 16.2. The van der Waals surface area contributed by atoms with Crippen molar-refractivity contribution < 1.29 is 4.79 Å². The van der Waals surface area contributed by atoms with Crippen LogP contribution in [0.4, 0.5) is 0 Å². The van der Waals surface area contributed by atoms with Gasteiger partial charge in [0.05, 0.1) is 34.2 Å². The molecule has 0 radical (unpaired) electrons. The zero-order valence-electron chi connectivity index (χ0n) is 22.5. The summed E-state index contributed by atoms with van der Waals surface area (Å²) in [5.41, 5.74) is 6.89. The van der Waals surface area contributed by atoms with Crippen LogP contribution >= 0.6 is 0 Å². The lowest BCUT2D eigenvalue weighted by molar-refractivity contribution is -0.129. The van der Waals surface area contributed by atoms with Crippen LogP contribution in [0.15, 0.2) is 60.9 Å². The van der Waals surface area contributed by atoms with Gasteiger partial charge in [0.25, 0.3) is 0 Å². The van der Waals surface area contributed by atoms with Crippen molar-refractivity contribution in [1.82, 2.24) is 34.7 Å². The van der Waals surface area contributed by atoms with Gasteiger partial charge in [0.2, 0.25) is 5.91 Å². The molecule has 2 fully saturated rings. The number of benzene rings is 2. The van der Waals surface area contributed by atoms with Crippen LogP contribution in [0.25, 0.3) is 22.1 Å². The molecule has 0 aliphatic carbocycles. The molecule has 1 amide bonds. The zero-order valence-corrected chi connectivity index (χ0v) is 22.5. The number of aromatic amines is 2. The van der Waals surface area contributed by atoms with Gasteiger partial charge in [0, 0.05) is 43.5 Å². The third-order valence-corrected chi connectivity index (χ3v) is 8.11. The van der Waals surface area contributed by atoms with Crippen LogP contribution in [0.5, 0.6) is 0 Å². The molecule has 40 heavy (non-hydrogen) atoms. The number of fused-ring (bicyclic) bond motifs is 2. The summed E-state index contributed by atoms with van der Waals surface area (Å²) in [5.74, 6) is 8.60. The number of carbonyl (C=O) groups excluding carboxylic acids is 1. The maximum Gasteiger partial charge on any atom is 0.220 e. The number of carbonyl (C=O) groups is 1. The second kappa shape index (κ2) is 10.2. The Balaban J connectivity index is 1.10. The Morgan fingerprint density at radius 3 is 2.20 bits per heavy atom. The predicted molar refractivity (Wildman–Crippen MR) is 154 cm³/mol. The molecule has 8 nitrogen and oxygen atoms in total. The van der Waals surface area contributed by atoms with Crippen LogP contribution in [0.2, 0.25) is 0 Å². The molecule has 0 bridgehead atoms. The van der Waals surface area contributed by atoms with Crippen LogP contribution in [0, 0.1) is 11.8 Å². The number of hydrogen-bond acceptors (Lipinski definition) is 5. The summed E-state index contributed by atoms with van der Waals surface area (Å²) in [5, 5.41) is 0. The molecule has 5 aromatic rings. The number of pyridine rings is 1. The van der Waals surface area contributed by atoms with E-state index in [1.165, 1.54) is 5.56 Å². The maximum absolute atomic E-state index is 12.0. The number of nitrogens with zero attached hydrogens (tertiary/aromatic N) is 5. The first-order chi connectivity index (χ1) is 19.6. The summed E-state index contributed by atoms with van der Waals surface area (Å²) in [6.07, 6.45) is 7.96. The van der Waals surface area contributed by atoms with Crippen LogP contribution in [0.1, 0.15) is 73.0 Å². The lowest BCUT2D eigenvalue weighted by Crippen LogP contribution is -2.28. The molecule has 2 aliphatic rings. The third kappa shape index (κ3) is 4.74. The summed E-state index contributed by atoms with van der Waals surface area (Å²) >= 11 is 0. The average molecular weight is 530 g/mol. The number of rotatable bonds is 4. The minimum Gasteiger partial charge on any atom is -0.341 e. The topological polar surface area (TPSA) is 93.8 Å². The Bertz CT molecular complexity index is 1760. The maximum atomic E-state index is 12.0. The van der Waals surface area contributed by atoms with Crippen LogP contribution < -0.4 is 0 Å². The first kappa shape index (κ1) is 24.6. The van der Waals surface area contributed by atoms with Crippen LogP contribution in [-0.4, -0.2) is 53.7 Å². The Morgan fingerprint density at radius 1 is 0.900 bits per heavy atom.